The van der Waals surface area contributed by atoms with Crippen LogP contribution in [0.3, 0.4) is 0 Å². The van der Waals surface area contributed by atoms with Crippen LogP contribution in [0.5, 0.6) is 17.2 Å². The zero-order valence-corrected chi connectivity index (χ0v) is 13.6. The van der Waals surface area contributed by atoms with Crippen LogP contribution in [0.15, 0.2) is 78.9 Å². The summed E-state index contributed by atoms with van der Waals surface area (Å²) in [6.45, 7) is 0.211. The molecule has 0 aliphatic carbocycles. The van der Waals surface area contributed by atoms with Crippen LogP contribution in [0.2, 0.25) is 0 Å². The lowest BCUT2D eigenvalue weighted by molar-refractivity contribution is -0.144. The van der Waals surface area contributed by atoms with Gasteiger partial charge >= 0.3 is 5.97 Å². The van der Waals surface area contributed by atoms with Gasteiger partial charge in [-0.05, 0) is 47.5 Å². The van der Waals surface area contributed by atoms with Gasteiger partial charge in [0.1, 0.15) is 23.9 Å². The summed E-state index contributed by atoms with van der Waals surface area (Å²) in [6.07, 6.45) is 0.176. The second-order valence-corrected chi connectivity index (χ2v) is 5.56. The van der Waals surface area contributed by atoms with Crippen LogP contribution in [-0.2, 0) is 22.6 Å². The Balaban J connectivity index is 1.49. The average molecular weight is 334 g/mol. The molecule has 0 radical (unpaired) electrons. The minimum absolute atomic E-state index is 0.176. The van der Waals surface area contributed by atoms with Crippen LogP contribution in [0.1, 0.15) is 11.1 Å². The van der Waals surface area contributed by atoms with Gasteiger partial charge in [0.05, 0.1) is 6.42 Å². The lowest BCUT2D eigenvalue weighted by atomic mass is 10.1. The molecule has 0 aromatic heterocycles. The zero-order valence-electron chi connectivity index (χ0n) is 13.6. The van der Waals surface area contributed by atoms with Crippen molar-refractivity contribution >= 4 is 5.97 Å². The van der Waals surface area contributed by atoms with E-state index in [1.165, 1.54) is 0 Å². The molecule has 0 aliphatic heterocycles. The van der Waals surface area contributed by atoms with Gasteiger partial charge in [0, 0.05) is 0 Å². The number of rotatable bonds is 6. The molecule has 126 valence electrons. The predicted octanol–water partition coefficient (Wildman–Crippen LogP) is 4.47. The first-order valence-corrected chi connectivity index (χ1v) is 7.94. The number of phenols is 1. The molecule has 0 atom stereocenters. The normalized spacial score (nSPS) is 10.2. The maximum absolute atomic E-state index is 11.9. The van der Waals surface area contributed by atoms with Gasteiger partial charge in [-0.1, -0.05) is 42.5 Å². The Kier molecular flexibility index (Phi) is 5.32. The third-order valence-electron chi connectivity index (χ3n) is 3.59. The van der Waals surface area contributed by atoms with Gasteiger partial charge in [-0.25, -0.2) is 0 Å². The summed E-state index contributed by atoms with van der Waals surface area (Å²) in [5.41, 5.74) is 1.69. The molecule has 0 bridgehead atoms. The minimum atomic E-state index is -0.310. The van der Waals surface area contributed by atoms with E-state index >= 15 is 0 Å². The molecule has 3 aromatic rings. The molecule has 0 amide bonds. The Morgan fingerprint density at radius 3 is 2.04 bits per heavy atom. The summed E-state index contributed by atoms with van der Waals surface area (Å²) in [5, 5.41) is 9.23. The van der Waals surface area contributed by atoms with Gasteiger partial charge < -0.3 is 14.6 Å². The van der Waals surface area contributed by atoms with Crippen molar-refractivity contribution in [2.75, 3.05) is 0 Å². The monoisotopic (exact) mass is 334 g/mol. The van der Waals surface area contributed by atoms with Crippen molar-refractivity contribution in [3.05, 3.63) is 90.0 Å². The summed E-state index contributed by atoms with van der Waals surface area (Å²) in [5.74, 6) is 1.37. The van der Waals surface area contributed by atoms with Gasteiger partial charge in [-0.2, -0.15) is 0 Å². The predicted molar refractivity (Wildman–Crippen MR) is 94.6 cm³/mol. The molecule has 4 nitrogen and oxygen atoms in total. The lowest BCUT2D eigenvalue weighted by Crippen LogP contribution is -2.07. The van der Waals surface area contributed by atoms with Gasteiger partial charge in [0.25, 0.3) is 0 Å². The van der Waals surface area contributed by atoms with Crippen molar-refractivity contribution in [1.82, 2.24) is 0 Å². The Morgan fingerprint density at radius 1 is 0.760 bits per heavy atom. The SMILES string of the molecule is O=C(Cc1ccc(O)cc1)OCc1ccc(Oc2ccccc2)cc1. The lowest BCUT2D eigenvalue weighted by Gasteiger charge is -2.08. The molecular formula is C21H18O4. The maximum atomic E-state index is 11.9. The second-order valence-electron chi connectivity index (χ2n) is 5.56. The van der Waals surface area contributed by atoms with Crippen LogP contribution in [-0.4, -0.2) is 11.1 Å². The molecule has 0 spiro atoms. The molecule has 0 saturated heterocycles. The molecule has 0 saturated carbocycles. The number of carbonyl (C=O) groups is 1. The highest BCUT2D eigenvalue weighted by atomic mass is 16.5. The Bertz CT molecular complexity index is 809. The van der Waals surface area contributed by atoms with Gasteiger partial charge in [0.15, 0.2) is 0 Å². The van der Waals surface area contributed by atoms with Crippen LogP contribution in [0.4, 0.5) is 0 Å². The Morgan fingerprint density at radius 2 is 1.36 bits per heavy atom. The number of aromatic hydroxyl groups is 1. The van der Waals surface area contributed by atoms with E-state index in [-0.39, 0.29) is 24.7 Å². The van der Waals surface area contributed by atoms with Crippen LogP contribution >= 0.6 is 0 Å². The van der Waals surface area contributed by atoms with E-state index in [0.717, 1.165) is 22.6 Å². The van der Waals surface area contributed by atoms with E-state index in [1.807, 2.05) is 54.6 Å². The van der Waals surface area contributed by atoms with Crippen molar-refractivity contribution in [3.8, 4) is 17.2 Å². The van der Waals surface area contributed by atoms with Gasteiger partial charge in [-0.3, -0.25) is 4.79 Å². The number of carbonyl (C=O) groups excluding carboxylic acids is 1. The van der Waals surface area contributed by atoms with E-state index in [2.05, 4.69) is 0 Å². The number of para-hydroxylation sites is 1. The maximum Gasteiger partial charge on any atom is 0.310 e. The largest absolute Gasteiger partial charge is 0.508 e. The van der Waals surface area contributed by atoms with Crippen LogP contribution in [0.25, 0.3) is 0 Å². The first-order valence-electron chi connectivity index (χ1n) is 7.94. The molecular weight excluding hydrogens is 316 g/mol. The van der Waals surface area contributed by atoms with Gasteiger partial charge in [-0.15, -0.1) is 0 Å². The standard InChI is InChI=1S/C21H18O4/c22-18-10-6-16(7-11-18)14-21(23)24-15-17-8-12-20(13-9-17)25-19-4-2-1-3-5-19/h1-13,22H,14-15H2. The Labute approximate surface area is 146 Å². The quantitative estimate of drug-likeness (QED) is 0.676. The third kappa shape index (κ3) is 5.11. The number of esters is 1. The van der Waals surface area contributed by atoms with Crippen molar-refractivity contribution in [1.29, 1.82) is 0 Å². The highest BCUT2D eigenvalue weighted by molar-refractivity contribution is 5.72. The number of hydrogen-bond acceptors (Lipinski definition) is 4. The van der Waals surface area contributed by atoms with E-state index < -0.39 is 0 Å². The first kappa shape index (κ1) is 16.6. The summed E-state index contributed by atoms with van der Waals surface area (Å²) < 4.78 is 11.0. The van der Waals surface area contributed by atoms with Crippen molar-refractivity contribution in [2.45, 2.75) is 13.0 Å². The molecule has 3 aromatic carbocycles. The summed E-state index contributed by atoms with van der Waals surface area (Å²) in [6, 6.07) is 23.5. The summed E-state index contributed by atoms with van der Waals surface area (Å²) in [7, 11) is 0. The number of hydrogen-bond donors (Lipinski definition) is 1. The van der Waals surface area contributed by atoms with Crippen molar-refractivity contribution in [2.24, 2.45) is 0 Å². The third-order valence-corrected chi connectivity index (χ3v) is 3.59. The molecule has 4 heteroatoms. The fourth-order valence-electron chi connectivity index (χ4n) is 2.27. The second kappa shape index (κ2) is 8.02. The topological polar surface area (TPSA) is 55.8 Å². The molecule has 0 aliphatic rings. The summed E-state index contributed by atoms with van der Waals surface area (Å²) in [4.78, 5) is 11.9. The van der Waals surface area contributed by atoms with E-state index in [0.29, 0.717) is 0 Å². The van der Waals surface area contributed by atoms with E-state index in [1.54, 1.807) is 24.3 Å². The van der Waals surface area contributed by atoms with Crippen LogP contribution < -0.4 is 4.74 Å². The molecule has 1 N–H and O–H groups in total. The summed E-state index contributed by atoms with van der Waals surface area (Å²) >= 11 is 0. The highest BCUT2D eigenvalue weighted by Crippen LogP contribution is 2.21. The van der Waals surface area contributed by atoms with Crippen molar-refractivity contribution < 1.29 is 19.4 Å². The van der Waals surface area contributed by atoms with E-state index in [9.17, 15) is 9.90 Å². The molecule has 0 unspecified atom stereocenters. The van der Waals surface area contributed by atoms with Crippen molar-refractivity contribution in [3.63, 3.8) is 0 Å². The average Bonchev–Trinajstić information content (AvgIpc) is 2.64. The van der Waals surface area contributed by atoms with E-state index in [4.69, 9.17) is 9.47 Å². The fourth-order valence-corrected chi connectivity index (χ4v) is 2.27. The minimum Gasteiger partial charge on any atom is -0.508 e. The zero-order chi connectivity index (χ0) is 17.5. The number of benzene rings is 3. The fraction of sp³-hybridized carbons (Fsp3) is 0.0952. The molecule has 3 rings (SSSR count). The van der Waals surface area contributed by atoms with Crippen LogP contribution in [0, 0.1) is 0 Å². The smallest absolute Gasteiger partial charge is 0.310 e. The molecule has 0 fully saturated rings. The highest BCUT2D eigenvalue weighted by Gasteiger charge is 2.06. The number of ether oxygens (including phenoxy) is 2. The van der Waals surface area contributed by atoms with Gasteiger partial charge in [0.2, 0.25) is 0 Å². The number of phenolic OH excluding ortho intramolecular Hbond substituents is 1. The molecule has 0 heterocycles. The Hall–Kier alpha value is -3.27. The first-order chi connectivity index (χ1) is 12.2. The molecule has 25 heavy (non-hydrogen) atoms.